The molecule has 0 saturated heterocycles. The average Bonchev–Trinajstić information content (AvgIpc) is 3.04. The van der Waals surface area contributed by atoms with Gasteiger partial charge in [-0.15, -0.1) is 0 Å². The van der Waals surface area contributed by atoms with Crippen LogP contribution in [0.5, 0.6) is 0 Å². The topological polar surface area (TPSA) is 33.1 Å². The molecule has 1 aliphatic carbocycles. The summed E-state index contributed by atoms with van der Waals surface area (Å²) in [6, 6.07) is 1.04. The molecule has 136 valence electrons. The van der Waals surface area contributed by atoms with Gasteiger partial charge in [-0.2, -0.15) is 0 Å². The molecule has 2 atom stereocenters. The van der Waals surface area contributed by atoms with E-state index in [0.717, 1.165) is 44.3 Å². The normalized spacial score (nSPS) is 23.2. The summed E-state index contributed by atoms with van der Waals surface area (Å²) in [5.74, 6) is 1.11. The molecular formula is C18H23Br3N4. The van der Waals surface area contributed by atoms with Gasteiger partial charge in [0.1, 0.15) is 5.52 Å². The molecule has 2 heterocycles. The fourth-order valence-corrected chi connectivity index (χ4v) is 6.27. The van der Waals surface area contributed by atoms with Gasteiger partial charge in [0, 0.05) is 34.6 Å². The molecular weight excluding hydrogens is 512 g/mol. The summed E-state index contributed by atoms with van der Waals surface area (Å²) in [4.78, 5) is 7.51. The number of aromatic nitrogens is 2. The monoisotopic (exact) mass is 532 g/mol. The first kappa shape index (κ1) is 18.3. The van der Waals surface area contributed by atoms with Crippen molar-refractivity contribution in [3.8, 4) is 0 Å². The molecule has 1 aromatic heterocycles. The van der Waals surface area contributed by atoms with Gasteiger partial charge in [0.15, 0.2) is 0 Å². The molecule has 0 unspecified atom stereocenters. The third-order valence-corrected chi connectivity index (χ3v) is 9.32. The van der Waals surface area contributed by atoms with Gasteiger partial charge < -0.3 is 14.8 Å². The summed E-state index contributed by atoms with van der Waals surface area (Å²) in [6.07, 6.45) is 7.36. The summed E-state index contributed by atoms with van der Waals surface area (Å²) in [7, 11) is 4.31. The van der Waals surface area contributed by atoms with E-state index < -0.39 is 0 Å². The molecule has 0 radical (unpaired) electrons. The van der Waals surface area contributed by atoms with E-state index in [9.17, 15) is 0 Å². The number of imidazole rings is 1. The van der Waals surface area contributed by atoms with Gasteiger partial charge in [-0.05, 0) is 86.1 Å². The van der Waals surface area contributed by atoms with Gasteiger partial charge in [0.25, 0.3) is 0 Å². The largest absolute Gasteiger partial charge is 0.341 e. The minimum atomic E-state index is 0.503. The van der Waals surface area contributed by atoms with Crippen LogP contribution in [0.3, 0.4) is 0 Å². The Morgan fingerprint density at radius 3 is 2.60 bits per heavy atom. The van der Waals surface area contributed by atoms with Crippen molar-refractivity contribution in [3.05, 3.63) is 19.0 Å². The van der Waals surface area contributed by atoms with Crippen molar-refractivity contribution in [1.82, 2.24) is 14.9 Å². The number of hydrogen-bond donors (Lipinski definition) is 1. The first-order chi connectivity index (χ1) is 12.0. The lowest BCUT2D eigenvalue weighted by Crippen LogP contribution is -2.50. The van der Waals surface area contributed by atoms with Crippen molar-refractivity contribution in [1.29, 1.82) is 0 Å². The Balaban J connectivity index is 1.86. The molecule has 0 amide bonds. The summed E-state index contributed by atoms with van der Waals surface area (Å²) in [6.45, 7) is 1.04. The summed E-state index contributed by atoms with van der Waals surface area (Å²) in [5, 5.41) is 3.53. The van der Waals surface area contributed by atoms with Gasteiger partial charge in [-0.3, -0.25) is 0 Å². The van der Waals surface area contributed by atoms with Gasteiger partial charge in [0.05, 0.1) is 9.99 Å². The number of rotatable bonds is 3. The van der Waals surface area contributed by atoms with Gasteiger partial charge in [-0.1, -0.05) is 12.8 Å². The molecule has 4 rings (SSSR count). The Kier molecular flexibility index (Phi) is 5.21. The minimum Gasteiger partial charge on any atom is -0.341 e. The first-order valence-corrected chi connectivity index (χ1v) is 11.4. The Morgan fingerprint density at radius 1 is 1.08 bits per heavy atom. The second-order valence-electron chi connectivity index (χ2n) is 7.14. The zero-order valence-corrected chi connectivity index (χ0v) is 19.3. The van der Waals surface area contributed by atoms with Crippen molar-refractivity contribution in [2.75, 3.05) is 19.0 Å². The van der Waals surface area contributed by atoms with Crippen LogP contribution in [0.2, 0.25) is 0 Å². The average molecular weight is 535 g/mol. The highest BCUT2D eigenvalue weighted by molar-refractivity contribution is 9.14. The fourth-order valence-electron chi connectivity index (χ4n) is 4.52. The van der Waals surface area contributed by atoms with E-state index in [-0.39, 0.29) is 0 Å². The van der Waals surface area contributed by atoms with Crippen LogP contribution in [0.15, 0.2) is 13.4 Å². The first-order valence-electron chi connectivity index (χ1n) is 9.00. The molecule has 4 nitrogen and oxygen atoms in total. The molecule has 1 fully saturated rings. The lowest BCUT2D eigenvalue weighted by atomic mass is 9.89. The SMILES string of the molecule is CN[C@@H]1CCCC[C@H]1N(C)c1nc2c(Br)c(Br)c(Br)c3c2n1CCC3. The number of anilines is 1. The Hall–Kier alpha value is -0.110. The number of hydrogen-bond acceptors (Lipinski definition) is 3. The fraction of sp³-hybridized carbons (Fsp3) is 0.611. The number of nitrogens with one attached hydrogen (secondary N) is 1. The van der Waals surface area contributed by atoms with E-state index in [1.54, 1.807) is 0 Å². The van der Waals surface area contributed by atoms with E-state index in [1.807, 2.05) is 0 Å². The number of benzene rings is 1. The Morgan fingerprint density at radius 2 is 1.84 bits per heavy atom. The quantitative estimate of drug-likeness (QED) is 0.547. The van der Waals surface area contributed by atoms with Crippen LogP contribution in [0.1, 0.15) is 37.7 Å². The number of nitrogens with zero attached hydrogens (tertiary/aromatic N) is 3. The Bertz CT molecular complexity index is 817. The van der Waals surface area contributed by atoms with Crippen LogP contribution >= 0.6 is 47.8 Å². The molecule has 0 spiro atoms. The maximum Gasteiger partial charge on any atom is 0.206 e. The molecule has 2 aromatic rings. The van der Waals surface area contributed by atoms with Crippen molar-refractivity contribution < 1.29 is 0 Å². The van der Waals surface area contributed by atoms with Crippen LogP contribution in [-0.4, -0.2) is 35.7 Å². The summed E-state index contributed by atoms with van der Waals surface area (Å²) >= 11 is 11.3. The van der Waals surface area contributed by atoms with E-state index in [2.05, 4.69) is 76.7 Å². The van der Waals surface area contributed by atoms with Gasteiger partial charge in [0.2, 0.25) is 5.95 Å². The zero-order chi connectivity index (χ0) is 17.7. The Labute approximate surface area is 174 Å². The lowest BCUT2D eigenvalue weighted by Gasteiger charge is -2.38. The van der Waals surface area contributed by atoms with Crippen molar-refractivity contribution in [2.45, 2.75) is 57.2 Å². The summed E-state index contributed by atoms with van der Waals surface area (Å²) < 4.78 is 5.70. The molecule has 1 saturated carbocycles. The van der Waals surface area contributed by atoms with Crippen LogP contribution in [0.25, 0.3) is 11.0 Å². The maximum absolute atomic E-state index is 5.09. The summed E-state index contributed by atoms with van der Waals surface area (Å²) in [5.41, 5.74) is 3.73. The third kappa shape index (κ3) is 2.89. The maximum atomic E-state index is 5.09. The highest BCUT2D eigenvalue weighted by Crippen LogP contribution is 2.44. The van der Waals surface area contributed by atoms with E-state index in [4.69, 9.17) is 4.98 Å². The van der Waals surface area contributed by atoms with Crippen molar-refractivity contribution in [3.63, 3.8) is 0 Å². The third-order valence-electron chi connectivity index (χ3n) is 5.81. The highest BCUT2D eigenvalue weighted by atomic mass is 79.9. The number of likely N-dealkylation sites (N-methyl/N-ethyl adjacent to an activating group) is 2. The van der Waals surface area contributed by atoms with Crippen molar-refractivity contribution >= 4 is 64.8 Å². The second kappa shape index (κ2) is 7.13. The minimum absolute atomic E-state index is 0.503. The lowest BCUT2D eigenvalue weighted by molar-refractivity contribution is 0.331. The molecule has 0 bridgehead atoms. The second-order valence-corrected chi connectivity index (χ2v) is 9.52. The molecule has 2 aliphatic rings. The predicted octanol–water partition coefficient (Wildman–Crippen LogP) is 5.24. The van der Waals surface area contributed by atoms with Gasteiger partial charge in [-0.25, -0.2) is 4.98 Å². The van der Waals surface area contributed by atoms with Crippen molar-refractivity contribution in [2.24, 2.45) is 0 Å². The predicted molar refractivity (Wildman–Crippen MR) is 115 cm³/mol. The molecule has 1 aromatic carbocycles. The van der Waals surface area contributed by atoms with Gasteiger partial charge >= 0.3 is 0 Å². The van der Waals surface area contributed by atoms with E-state index in [0.29, 0.717) is 12.1 Å². The molecule has 1 N–H and O–H groups in total. The van der Waals surface area contributed by atoms with Crippen LogP contribution in [-0.2, 0) is 13.0 Å². The van der Waals surface area contributed by atoms with E-state index in [1.165, 1.54) is 36.8 Å². The molecule has 25 heavy (non-hydrogen) atoms. The standard InChI is InChI=1S/C18H23Br3N4/c1-22-11-7-3-4-8-12(11)24(2)18-23-16-15(21)14(20)13(19)10-6-5-9-25(18)17(10)16/h11-12,22H,3-9H2,1-2H3/t11-,12-/m1/s1. The smallest absolute Gasteiger partial charge is 0.206 e. The van der Waals surface area contributed by atoms with Crippen LogP contribution in [0.4, 0.5) is 5.95 Å². The number of aryl methyl sites for hydroxylation is 2. The van der Waals surface area contributed by atoms with E-state index >= 15 is 0 Å². The highest BCUT2D eigenvalue weighted by Gasteiger charge is 2.32. The van der Waals surface area contributed by atoms with Crippen LogP contribution < -0.4 is 10.2 Å². The molecule has 7 heteroatoms. The van der Waals surface area contributed by atoms with Crippen LogP contribution in [0, 0.1) is 0 Å². The number of halogens is 3. The zero-order valence-electron chi connectivity index (χ0n) is 14.6. The molecule has 1 aliphatic heterocycles.